The third-order valence-electron chi connectivity index (χ3n) is 7.02. The molecular weight excluding hydrogens is 408 g/mol. The van der Waals surface area contributed by atoms with E-state index in [4.69, 9.17) is 9.84 Å². The quantitative estimate of drug-likeness (QED) is 0.728. The van der Waals surface area contributed by atoms with Gasteiger partial charge in [-0.05, 0) is 41.0 Å². The molecule has 7 nitrogen and oxygen atoms in total. The van der Waals surface area contributed by atoms with E-state index in [0.717, 1.165) is 11.1 Å². The normalized spacial score (nSPS) is 23.7. The van der Waals surface area contributed by atoms with E-state index in [0.29, 0.717) is 13.1 Å². The van der Waals surface area contributed by atoms with Crippen LogP contribution >= 0.6 is 0 Å². The van der Waals surface area contributed by atoms with E-state index in [1.54, 1.807) is 11.8 Å². The molecular formula is C25H26N2O5. The highest BCUT2D eigenvalue weighted by atomic mass is 16.5. The maximum Gasteiger partial charge on any atom is 0.407 e. The number of piperidine rings is 1. The van der Waals surface area contributed by atoms with Crippen LogP contribution in [-0.4, -0.2) is 53.7 Å². The molecule has 32 heavy (non-hydrogen) atoms. The average Bonchev–Trinajstić information content (AvgIpc) is 3.13. The number of carboxylic acids is 1. The van der Waals surface area contributed by atoms with E-state index >= 15 is 0 Å². The number of carbonyl (C=O) groups excluding carboxylic acids is 2. The molecule has 0 radical (unpaired) electrons. The Balaban J connectivity index is 1.12. The standard InChI is InChI=1S/C25H26N2O5/c1-14(10-22(28)27-11-19-20(12-27)23(19)24(29)30)26-25(31)32-13-21-17-8-4-2-6-15(17)16-7-3-5-9-18(16)21/h2-9,14,19-21,23H,10-13H2,1H3,(H,26,31)(H,29,30)/t14-,19?,20?,23?/m0/s1. The van der Waals surface area contributed by atoms with Gasteiger partial charge in [0, 0.05) is 31.5 Å². The molecule has 7 heteroatoms. The van der Waals surface area contributed by atoms with Crippen LogP contribution in [0.3, 0.4) is 0 Å². The zero-order valence-electron chi connectivity index (χ0n) is 17.9. The molecule has 2 N–H and O–H groups in total. The van der Waals surface area contributed by atoms with Gasteiger partial charge < -0.3 is 20.1 Å². The second kappa shape index (κ2) is 7.97. The molecule has 2 unspecified atom stereocenters. The summed E-state index contributed by atoms with van der Waals surface area (Å²) in [6.07, 6.45) is -0.371. The first kappa shape index (κ1) is 20.5. The summed E-state index contributed by atoms with van der Waals surface area (Å²) < 4.78 is 5.54. The number of hydrogen-bond acceptors (Lipinski definition) is 4. The average molecular weight is 434 g/mol. The number of ether oxygens (including phenoxy) is 1. The van der Waals surface area contributed by atoms with Crippen molar-refractivity contribution < 1.29 is 24.2 Å². The largest absolute Gasteiger partial charge is 0.481 e. The van der Waals surface area contributed by atoms with Crippen LogP contribution in [0.2, 0.25) is 0 Å². The lowest BCUT2D eigenvalue weighted by Gasteiger charge is -2.22. The molecule has 0 bridgehead atoms. The van der Waals surface area contributed by atoms with Gasteiger partial charge in [-0.1, -0.05) is 48.5 Å². The minimum absolute atomic E-state index is 0.0106. The smallest absolute Gasteiger partial charge is 0.407 e. The van der Waals surface area contributed by atoms with Crippen LogP contribution < -0.4 is 5.32 Å². The predicted octanol–water partition coefficient (Wildman–Crippen LogP) is 3.09. The summed E-state index contributed by atoms with van der Waals surface area (Å²) in [4.78, 5) is 37.7. The molecule has 2 aromatic rings. The molecule has 2 aromatic carbocycles. The van der Waals surface area contributed by atoms with Crippen molar-refractivity contribution >= 4 is 18.0 Å². The Morgan fingerprint density at radius 3 is 2.16 bits per heavy atom. The number of benzene rings is 2. The van der Waals surface area contributed by atoms with Crippen molar-refractivity contribution in [3.8, 4) is 11.1 Å². The number of nitrogens with zero attached hydrogens (tertiary/aromatic N) is 1. The van der Waals surface area contributed by atoms with Crippen LogP contribution in [0.1, 0.15) is 30.4 Å². The van der Waals surface area contributed by atoms with Crippen LogP contribution in [0.5, 0.6) is 0 Å². The van der Waals surface area contributed by atoms with Gasteiger partial charge in [0.2, 0.25) is 5.91 Å². The molecule has 2 aliphatic carbocycles. The van der Waals surface area contributed by atoms with Gasteiger partial charge in [0.1, 0.15) is 6.61 Å². The van der Waals surface area contributed by atoms with E-state index in [2.05, 4.69) is 29.6 Å². The Labute approximate surface area is 186 Å². The summed E-state index contributed by atoms with van der Waals surface area (Å²) in [6, 6.07) is 15.9. The highest BCUT2D eigenvalue weighted by Gasteiger charge is 2.60. The van der Waals surface area contributed by atoms with Crippen molar-refractivity contribution in [3.63, 3.8) is 0 Å². The van der Waals surface area contributed by atoms with Crippen molar-refractivity contribution in [2.24, 2.45) is 17.8 Å². The molecule has 0 spiro atoms. The van der Waals surface area contributed by atoms with Crippen molar-refractivity contribution in [2.75, 3.05) is 19.7 Å². The van der Waals surface area contributed by atoms with Gasteiger partial charge in [-0.3, -0.25) is 9.59 Å². The number of fused-ring (bicyclic) bond motifs is 4. The van der Waals surface area contributed by atoms with Gasteiger partial charge in [-0.2, -0.15) is 0 Å². The fourth-order valence-electron chi connectivity index (χ4n) is 5.38. The lowest BCUT2D eigenvalue weighted by molar-refractivity contribution is -0.141. The van der Waals surface area contributed by atoms with Crippen molar-refractivity contribution in [3.05, 3.63) is 59.7 Å². The predicted molar refractivity (Wildman–Crippen MR) is 117 cm³/mol. The third-order valence-corrected chi connectivity index (χ3v) is 7.02. The summed E-state index contributed by atoms with van der Waals surface area (Å²) in [6.45, 7) is 3.00. The van der Waals surface area contributed by atoms with Gasteiger partial charge in [0.05, 0.1) is 5.92 Å². The van der Waals surface area contributed by atoms with Gasteiger partial charge in [-0.15, -0.1) is 0 Å². The van der Waals surface area contributed by atoms with Crippen LogP contribution in [0.4, 0.5) is 4.79 Å². The Morgan fingerprint density at radius 2 is 1.59 bits per heavy atom. The van der Waals surface area contributed by atoms with E-state index in [-0.39, 0.29) is 48.6 Å². The zero-order chi connectivity index (χ0) is 22.4. The zero-order valence-corrected chi connectivity index (χ0v) is 17.9. The molecule has 3 atom stereocenters. The maximum absolute atomic E-state index is 12.5. The van der Waals surface area contributed by atoms with E-state index in [1.165, 1.54) is 11.1 Å². The maximum atomic E-state index is 12.5. The van der Waals surface area contributed by atoms with E-state index in [1.807, 2.05) is 24.3 Å². The summed E-state index contributed by atoms with van der Waals surface area (Å²) in [5.41, 5.74) is 4.64. The second-order valence-corrected chi connectivity index (χ2v) is 9.07. The number of hydrogen-bond donors (Lipinski definition) is 2. The number of aliphatic carboxylic acids is 1. The number of amides is 2. The monoisotopic (exact) mass is 434 g/mol. The molecule has 0 aromatic heterocycles. The molecule has 3 aliphatic rings. The van der Waals surface area contributed by atoms with Crippen LogP contribution in [-0.2, 0) is 14.3 Å². The van der Waals surface area contributed by atoms with Crippen LogP contribution in [0.15, 0.2) is 48.5 Å². The first-order valence-corrected chi connectivity index (χ1v) is 11.1. The Bertz CT molecular complexity index is 1030. The van der Waals surface area contributed by atoms with Crippen molar-refractivity contribution in [1.29, 1.82) is 0 Å². The summed E-state index contributed by atoms with van der Waals surface area (Å²) in [7, 11) is 0. The molecule has 1 saturated heterocycles. The van der Waals surface area contributed by atoms with Crippen LogP contribution in [0.25, 0.3) is 11.1 Å². The molecule has 1 saturated carbocycles. The molecule has 166 valence electrons. The fourth-order valence-corrected chi connectivity index (χ4v) is 5.38. The Morgan fingerprint density at radius 1 is 1.03 bits per heavy atom. The second-order valence-electron chi connectivity index (χ2n) is 9.07. The van der Waals surface area contributed by atoms with Crippen molar-refractivity contribution in [2.45, 2.75) is 25.3 Å². The Kier molecular flexibility index (Phi) is 5.12. The van der Waals surface area contributed by atoms with Crippen LogP contribution in [0, 0.1) is 17.8 Å². The SMILES string of the molecule is C[C@@H](CC(=O)N1CC2C(C1)C2C(=O)O)NC(=O)OCC1c2ccccc2-c2ccccc21. The molecule has 5 rings (SSSR count). The first-order chi connectivity index (χ1) is 15.4. The third kappa shape index (κ3) is 3.61. The lowest BCUT2D eigenvalue weighted by Crippen LogP contribution is -2.40. The highest BCUT2D eigenvalue weighted by Crippen LogP contribution is 2.51. The molecule has 2 fully saturated rings. The summed E-state index contributed by atoms with van der Waals surface area (Å²) in [5, 5.41) is 11.9. The highest BCUT2D eigenvalue weighted by molar-refractivity contribution is 5.81. The minimum Gasteiger partial charge on any atom is -0.481 e. The lowest BCUT2D eigenvalue weighted by atomic mass is 9.98. The van der Waals surface area contributed by atoms with Gasteiger partial charge in [0.15, 0.2) is 0 Å². The number of rotatable bonds is 6. The Hall–Kier alpha value is -3.35. The summed E-state index contributed by atoms with van der Waals surface area (Å²) in [5.74, 6) is -0.965. The first-order valence-electron chi connectivity index (χ1n) is 11.1. The number of likely N-dealkylation sites (tertiary alicyclic amines) is 1. The van der Waals surface area contributed by atoms with E-state index < -0.39 is 12.1 Å². The molecule has 1 aliphatic heterocycles. The fraction of sp³-hybridized carbons (Fsp3) is 0.400. The number of carbonyl (C=O) groups is 3. The number of nitrogens with one attached hydrogen (secondary N) is 1. The van der Waals surface area contributed by atoms with E-state index in [9.17, 15) is 14.4 Å². The number of alkyl carbamates (subject to hydrolysis) is 1. The minimum atomic E-state index is -0.766. The van der Waals surface area contributed by atoms with Gasteiger partial charge in [-0.25, -0.2) is 4.79 Å². The van der Waals surface area contributed by atoms with Gasteiger partial charge in [0.25, 0.3) is 0 Å². The molecule has 2 amide bonds. The molecule has 1 heterocycles. The number of carboxylic acid groups (broad SMARTS) is 1. The summed E-state index contributed by atoms with van der Waals surface area (Å²) >= 11 is 0. The van der Waals surface area contributed by atoms with Crippen molar-refractivity contribution in [1.82, 2.24) is 10.2 Å². The van der Waals surface area contributed by atoms with Gasteiger partial charge >= 0.3 is 12.1 Å². The topological polar surface area (TPSA) is 95.9 Å².